The van der Waals surface area contributed by atoms with Crippen molar-refractivity contribution in [3.05, 3.63) is 59.8 Å². The lowest BCUT2D eigenvalue weighted by Gasteiger charge is -2.50. The second-order valence-corrected chi connectivity index (χ2v) is 9.50. The molecule has 0 amide bonds. The minimum atomic E-state index is -4.44. The van der Waals surface area contributed by atoms with Crippen LogP contribution in [0.5, 0.6) is 0 Å². The Morgan fingerprint density at radius 2 is 1.91 bits per heavy atom. The van der Waals surface area contributed by atoms with Crippen LogP contribution in [0, 0.1) is 5.41 Å². The van der Waals surface area contributed by atoms with Gasteiger partial charge < -0.3 is 15.0 Å². The van der Waals surface area contributed by atoms with Crippen molar-refractivity contribution < 1.29 is 17.9 Å². The average Bonchev–Trinajstić information content (AvgIpc) is 2.85. The maximum atomic E-state index is 13.8. The van der Waals surface area contributed by atoms with Crippen LogP contribution in [-0.2, 0) is 17.5 Å². The molecule has 2 fully saturated rings. The number of hydrogen-bond donors (Lipinski definition) is 1. The van der Waals surface area contributed by atoms with Crippen molar-refractivity contribution in [2.24, 2.45) is 5.41 Å². The minimum Gasteiger partial charge on any atom is -0.381 e. The van der Waals surface area contributed by atoms with Crippen LogP contribution in [0.3, 0.4) is 0 Å². The molecule has 2 aromatic rings. The fourth-order valence-electron chi connectivity index (χ4n) is 5.38. The molecular formula is C26H35F3N4O. The number of rotatable bonds is 8. The van der Waals surface area contributed by atoms with Gasteiger partial charge in [-0.3, -0.25) is 4.90 Å². The van der Waals surface area contributed by atoms with Crippen LogP contribution in [0.25, 0.3) is 0 Å². The van der Waals surface area contributed by atoms with Crippen molar-refractivity contribution in [3.63, 3.8) is 0 Å². The Kier molecular flexibility index (Phi) is 8.11. The van der Waals surface area contributed by atoms with Crippen LogP contribution in [0.15, 0.2) is 48.7 Å². The Morgan fingerprint density at radius 3 is 2.62 bits per heavy atom. The van der Waals surface area contributed by atoms with E-state index in [2.05, 4.69) is 39.5 Å². The van der Waals surface area contributed by atoms with Gasteiger partial charge in [-0.05, 0) is 37.0 Å². The number of halogens is 3. The van der Waals surface area contributed by atoms with E-state index in [1.54, 1.807) is 0 Å². The summed E-state index contributed by atoms with van der Waals surface area (Å²) in [6.07, 6.45) is -0.590. The Balaban J connectivity index is 1.59. The molecule has 0 bridgehead atoms. The third-order valence-electron chi connectivity index (χ3n) is 7.13. The van der Waals surface area contributed by atoms with Crippen LogP contribution < -0.4 is 10.2 Å². The first-order valence-electron chi connectivity index (χ1n) is 12.3. The van der Waals surface area contributed by atoms with Gasteiger partial charge in [0.25, 0.3) is 0 Å². The number of nitrogens with zero attached hydrogens (tertiary/aromatic N) is 3. The summed E-state index contributed by atoms with van der Waals surface area (Å²) in [5, 5.41) is 3.72. The third kappa shape index (κ3) is 5.90. The molecule has 0 saturated carbocycles. The van der Waals surface area contributed by atoms with Gasteiger partial charge in [0.05, 0.1) is 5.56 Å². The van der Waals surface area contributed by atoms with E-state index < -0.39 is 11.7 Å². The van der Waals surface area contributed by atoms with Crippen LogP contribution in [0.2, 0.25) is 0 Å². The van der Waals surface area contributed by atoms with Crippen molar-refractivity contribution >= 4 is 5.82 Å². The number of hydrogen-bond acceptors (Lipinski definition) is 5. The van der Waals surface area contributed by atoms with Gasteiger partial charge in [-0.15, -0.1) is 0 Å². The molecule has 2 aliphatic rings. The summed E-state index contributed by atoms with van der Waals surface area (Å²) >= 11 is 0. The van der Waals surface area contributed by atoms with E-state index in [1.807, 2.05) is 17.9 Å². The second-order valence-electron chi connectivity index (χ2n) is 9.50. The van der Waals surface area contributed by atoms with Crippen molar-refractivity contribution in [2.45, 2.75) is 44.9 Å². The molecule has 1 aromatic carbocycles. The van der Waals surface area contributed by atoms with Gasteiger partial charge in [-0.25, -0.2) is 4.98 Å². The van der Waals surface area contributed by atoms with Gasteiger partial charge in [-0.2, -0.15) is 13.2 Å². The summed E-state index contributed by atoms with van der Waals surface area (Å²) in [5.41, 5.74) is 0.427. The molecule has 0 aliphatic carbocycles. The van der Waals surface area contributed by atoms with Crippen LogP contribution in [-0.4, -0.2) is 61.9 Å². The smallest absolute Gasteiger partial charge is 0.381 e. The Labute approximate surface area is 200 Å². The molecule has 1 atom stereocenters. The second kappa shape index (κ2) is 11.1. The van der Waals surface area contributed by atoms with E-state index in [9.17, 15) is 13.2 Å². The zero-order chi connectivity index (χ0) is 24.0. The molecule has 34 heavy (non-hydrogen) atoms. The highest BCUT2D eigenvalue weighted by atomic mass is 19.4. The first kappa shape index (κ1) is 24.9. The number of nitrogens with one attached hydrogen (secondary N) is 1. The number of alkyl halides is 3. The SMILES string of the molecule is CCCN(CC1(C2CN(Cc3ccccc3)CCN2)CCOCC1)c1ncccc1C(F)(F)F. The molecule has 0 spiro atoms. The van der Waals surface area contributed by atoms with E-state index in [0.29, 0.717) is 26.3 Å². The van der Waals surface area contributed by atoms with Crippen LogP contribution >= 0.6 is 0 Å². The lowest BCUT2D eigenvalue weighted by atomic mass is 9.72. The Bertz CT molecular complexity index is 902. The van der Waals surface area contributed by atoms with Crippen molar-refractivity contribution in [1.29, 1.82) is 0 Å². The predicted octanol–water partition coefficient (Wildman–Crippen LogP) is 4.59. The third-order valence-corrected chi connectivity index (χ3v) is 7.13. The molecule has 0 radical (unpaired) electrons. The maximum Gasteiger partial charge on any atom is 0.419 e. The van der Waals surface area contributed by atoms with Gasteiger partial charge in [0.15, 0.2) is 0 Å². The van der Waals surface area contributed by atoms with Crippen molar-refractivity contribution in [3.8, 4) is 0 Å². The fraction of sp³-hybridized carbons (Fsp3) is 0.577. The summed E-state index contributed by atoms with van der Waals surface area (Å²) < 4.78 is 47.2. The van der Waals surface area contributed by atoms with Gasteiger partial charge in [0, 0.05) is 70.1 Å². The van der Waals surface area contributed by atoms with Gasteiger partial charge in [0.2, 0.25) is 0 Å². The highest BCUT2D eigenvalue weighted by molar-refractivity contribution is 5.48. The average molecular weight is 477 g/mol. The molecule has 2 saturated heterocycles. The van der Waals surface area contributed by atoms with Gasteiger partial charge >= 0.3 is 6.18 Å². The van der Waals surface area contributed by atoms with Crippen LogP contribution in [0.1, 0.15) is 37.3 Å². The number of pyridine rings is 1. The summed E-state index contributed by atoms with van der Waals surface area (Å²) in [6.45, 7) is 7.88. The van der Waals surface area contributed by atoms with Crippen LogP contribution in [0.4, 0.5) is 19.0 Å². The summed E-state index contributed by atoms with van der Waals surface area (Å²) in [6, 6.07) is 13.1. The molecule has 5 nitrogen and oxygen atoms in total. The molecule has 1 N–H and O–H groups in total. The quantitative estimate of drug-likeness (QED) is 0.604. The van der Waals surface area contributed by atoms with E-state index in [0.717, 1.165) is 51.5 Å². The van der Waals surface area contributed by atoms with E-state index in [-0.39, 0.29) is 17.3 Å². The Hall–Kier alpha value is -2.16. The lowest BCUT2D eigenvalue weighted by Crippen LogP contribution is -2.62. The molecule has 1 unspecified atom stereocenters. The molecular weight excluding hydrogens is 441 g/mol. The maximum absolute atomic E-state index is 13.8. The first-order chi connectivity index (χ1) is 16.4. The van der Waals surface area contributed by atoms with Crippen molar-refractivity contribution in [1.82, 2.24) is 15.2 Å². The molecule has 1 aromatic heterocycles. The number of piperazine rings is 1. The number of ether oxygens (including phenoxy) is 1. The monoisotopic (exact) mass is 476 g/mol. The normalized spacial score (nSPS) is 21.4. The highest BCUT2D eigenvalue weighted by Gasteiger charge is 2.44. The van der Waals surface area contributed by atoms with Gasteiger partial charge in [0.1, 0.15) is 5.82 Å². The standard InChI is InChI=1S/C26H35F3N4O/c1-2-14-33(24-22(26(27,28)29)9-6-12-31-24)20-25(10-16-34-17-11-25)23-19-32(15-13-30-23)18-21-7-4-3-5-8-21/h3-9,12,23,30H,2,10-11,13-20H2,1H3. The van der Waals surface area contributed by atoms with Gasteiger partial charge in [-0.1, -0.05) is 37.3 Å². The summed E-state index contributed by atoms with van der Waals surface area (Å²) in [4.78, 5) is 8.55. The highest BCUT2D eigenvalue weighted by Crippen LogP contribution is 2.40. The van der Waals surface area contributed by atoms with E-state index >= 15 is 0 Å². The minimum absolute atomic E-state index is 0.0414. The number of anilines is 1. The first-order valence-corrected chi connectivity index (χ1v) is 12.3. The molecule has 8 heteroatoms. The molecule has 4 rings (SSSR count). The molecule has 2 aliphatic heterocycles. The van der Waals surface area contributed by atoms with E-state index in [4.69, 9.17) is 4.74 Å². The predicted molar refractivity (Wildman–Crippen MR) is 128 cm³/mol. The molecule has 186 valence electrons. The summed E-state index contributed by atoms with van der Waals surface area (Å²) in [7, 11) is 0. The lowest BCUT2D eigenvalue weighted by molar-refractivity contribution is -0.137. The summed E-state index contributed by atoms with van der Waals surface area (Å²) in [5.74, 6) is 0.0414. The number of benzene rings is 1. The molecule has 3 heterocycles. The zero-order valence-corrected chi connectivity index (χ0v) is 19.9. The largest absolute Gasteiger partial charge is 0.419 e. The zero-order valence-electron chi connectivity index (χ0n) is 19.9. The fourth-order valence-corrected chi connectivity index (χ4v) is 5.38. The number of aromatic nitrogens is 1. The Morgan fingerprint density at radius 1 is 1.15 bits per heavy atom. The van der Waals surface area contributed by atoms with Crippen molar-refractivity contribution in [2.75, 3.05) is 50.8 Å². The van der Waals surface area contributed by atoms with E-state index in [1.165, 1.54) is 17.8 Å². The topological polar surface area (TPSA) is 40.6 Å².